The highest BCUT2D eigenvalue weighted by molar-refractivity contribution is 7.88. The van der Waals surface area contributed by atoms with E-state index >= 15 is 0 Å². The number of fused-ring (bicyclic) bond motifs is 1. The van der Waals surface area contributed by atoms with Gasteiger partial charge in [0, 0.05) is 11.9 Å². The fourth-order valence-corrected chi connectivity index (χ4v) is 4.88. The van der Waals surface area contributed by atoms with E-state index in [2.05, 4.69) is 15.8 Å². The van der Waals surface area contributed by atoms with Crippen molar-refractivity contribution in [3.63, 3.8) is 0 Å². The Kier molecular flexibility index (Phi) is 5.24. The van der Waals surface area contributed by atoms with Gasteiger partial charge in [-0.3, -0.25) is 9.10 Å². The average Bonchev–Trinajstić information content (AvgIpc) is 2.70. The summed E-state index contributed by atoms with van der Waals surface area (Å²) in [6, 6.07) is 15.2. The number of hydrogen-bond donors (Lipinski definition) is 1. The van der Waals surface area contributed by atoms with E-state index in [0.29, 0.717) is 0 Å². The molecule has 1 aliphatic heterocycles. The van der Waals surface area contributed by atoms with Gasteiger partial charge in [0.2, 0.25) is 0 Å². The number of hydrogen-bond acceptors (Lipinski definition) is 3. The summed E-state index contributed by atoms with van der Waals surface area (Å²) < 4.78 is 29.9. The molecule has 1 aliphatic carbocycles. The Labute approximate surface area is 171 Å². The molecule has 2 aliphatic rings. The molecule has 1 heterocycles. The molecule has 0 spiro atoms. The second kappa shape index (κ2) is 7.83. The summed E-state index contributed by atoms with van der Waals surface area (Å²) in [6.07, 6.45) is 5.60. The van der Waals surface area contributed by atoms with Crippen LogP contribution in [0.3, 0.4) is 0 Å². The zero-order valence-corrected chi connectivity index (χ0v) is 17.1. The van der Waals surface area contributed by atoms with Crippen LogP contribution in [0.2, 0.25) is 0 Å². The van der Waals surface area contributed by atoms with Gasteiger partial charge in [0.05, 0.1) is 17.8 Å². The Morgan fingerprint density at radius 3 is 2.62 bits per heavy atom. The molecule has 4 rings (SSSR count). The second-order valence-corrected chi connectivity index (χ2v) is 8.88. The number of nitrogens with one attached hydrogen (secondary N) is 1. The maximum Gasteiger partial charge on any atom is 0.344 e. The highest BCUT2D eigenvalue weighted by Crippen LogP contribution is 2.28. The summed E-state index contributed by atoms with van der Waals surface area (Å²) >= 11 is 0. The van der Waals surface area contributed by atoms with Crippen molar-refractivity contribution in [1.29, 1.82) is 0 Å². The lowest BCUT2D eigenvalue weighted by molar-refractivity contribution is -0.112. The van der Waals surface area contributed by atoms with Gasteiger partial charge < -0.3 is 5.32 Å². The zero-order valence-electron chi connectivity index (χ0n) is 16.3. The van der Waals surface area contributed by atoms with Crippen molar-refractivity contribution >= 4 is 27.5 Å². The molecule has 7 heteroatoms. The third-order valence-corrected chi connectivity index (χ3v) is 6.61. The first kappa shape index (κ1) is 19.4. The van der Waals surface area contributed by atoms with Gasteiger partial charge in [-0.25, -0.2) is 0 Å². The molecule has 1 amide bonds. The molecule has 6 nitrogen and oxygen atoms in total. The number of aryl methyl sites for hydroxylation is 1. The van der Waals surface area contributed by atoms with Crippen LogP contribution in [0.25, 0.3) is 0 Å². The molecule has 29 heavy (non-hydrogen) atoms. The molecular weight excluding hydrogens is 386 g/mol. The molecule has 0 saturated heterocycles. The predicted octanol–water partition coefficient (Wildman–Crippen LogP) is 3.61. The van der Waals surface area contributed by atoms with Gasteiger partial charge in [0.25, 0.3) is 5.91 Å². The first-order valence-electron chi connectivity index (χ1n) is 9.70. The van der Waals surface area contributed by atoms with Gasteiger partial charge in [-0.2, -0.15) is 8.42 Å². The van der Waals surface area contributed by atoms with E-state index in [-0.39, 0.29) is 23.7 Å². The van der Waals surface area contributed by atoms with Crippen LogP contribution >= 0.6 is 0 Å². The van der Waals surface area contributed by atoms with Crippen molar-refractivity contribution in [3.05, 3.63) is 77.0 Å². The lowest BCUT2D eigenvalue weighted by Crippen LogP contribution is -2.33. The number of carbonyl (C=O) groups excluding carboxylic acids is 1. The Morgan fingerprint density at radius 2 is 1.83 bits per heavy atom. The molecular formula is C22H23N3O3S. The van der Waals surface area contributed by atoms with Gasteiger partial charge >= 0.3 is 10.2 Å². The number of amides is 1. The molecule has 0 bridgehead atoms. The van der Waals surface area contributed by atoms with Crippen molar-refractivity contribution in [1.82, 2.24) is 4.31 Å². The highest BCUT2D eigenvalue weighted by atomic mass is 32.2. The van der Waals surface area contributed by atoms with Gasteiger partial charge in [0.1, 0.15) is 0 Å². The molecule has 0 unspecified atom stereocenters. The second-order valence-electron chi connectivity index (χ2n) is 7.33. The zero-order chi connectivity index (χ0) is 20.4. The predicted molar refractivity (Wildman–Crippen MR) is 114 cm³/mol. The monoisotopic (exact) mass is 409 g/mol. The van der Waals surface area contributed by atoms with Crippen molar-refractivity contribution in [2.75, 3.05) is 5.32 Å². The lowest BCUT2D eigenvalue weighted by Gasteiger charge is -2.24. The minimum atomic E-state index is -3.86. The number of rotatable bonds is 4. The van der Waals surface area contributed by atoms with E-state index in [0.717, 1.165) is 41.2 Å². The summed E-state index contributed by atoms with van der Waals surface area (Å²) in [5, 5.41) is 2.97. The van der Waals surface area contributed by atoms with Gasteiger partial charge in [0.15, 0.2) is 0 Å². The number of nitrogens with zero attached hydrogens (tertiary/aromatic N) is 2. The van der Waals surface area contributed by atoms with Crippen molar-refractivity contribution in [2.24, 2.45) is 4.40 Å². The van der Waals surface area contributed by atoms with Crippen LogP contribution in [0, 0.1) is 0 Å². The molecule has 0 atom stereocenters. The smallest absolute Gasteiger partial charge is 0.322 e. The molecule has 1 N–H and O–H groups in total. The van der Waals surface area contributed by atoms with Crippen LogP contribution in [0.5, 0.6) is 0 Å². The fraction of sp³-hybridized carbons (Fsp3) is 0.273. The van der Waals surface area contributed by atoms with E-state index in [1.807, 2.05) is 42.5 Å². The van der Waals surface area contributed by atoms with E-state index in [1.165, 1.54) is 17.3 Å². The van der Waals surface area contributed by atoms with Crippen LogP contribution < -0.4 is 5.32 Å². The van der Waals surface area contributed by atoms with Crippen molar-refractivity contribution < 1.29 is 13.2 Å². The van der Waals surface area contributed by atoms with Crippen LogP contribution in [0.15, 0.2) is 64.7 Å². The maximum absolute atomic E-state index is 13.0. The van der Waals surface area contributed by atoms with Crippen molar-refractivity contribution in [2.45, 2.75) is 39.2 Å². The summed E-state index contributed by atoms with van der Waals surface area (Å²) in [7, 11) is -3.86. The van der Waals surface area contributed by atoms with Gasteiger partial charge in [-0.05, 0) is 55.4 Å². The SMILES string of the molecule is CC1=NS(=O)(=O)N(Cc2ccccc2)C=C1C(=O)Nc1cccc2c1CCCC2. The highest BCUT2D eigenvalue weighted by Gasteiger charge is 2.28. The Hall–Kier alpha value is -2.93. The Morgan fingerprint density at radius 1 is 1.07 bits per heavy atom. The largest absolute Gasteiger partial charge is 0.344 e. The first-order valence-corrected chi connectivity index (χ1v) is 11.1. The standard InChI is InChI=1S/C22H23N3O3S/c1-16-20(15-25(29(27,28)24-16)14-17-8-3-2-4-9-17)22(26)23-21-13-7-11-18-10-5-6-12-19(18)21/h2-4,7-9,11,13,15H,5-6,10,12,14H2,1H3,(H,23,26). The maximum atomic E-state index is 13.0. The minimum absolute atomic E-state index is 0.122. The lowest BCUT2D eigenvalue weighted by atomic mass is 9.90. The van der Waals surface area contributed by atoms with Gasteiger partial charge in [-0.1, -0.05) is 42.5 Å². The molecule has 0 radical (unpaired) electrons. The van der Waals surface area contributed by atoms with Crippen LogP contribution in [-0.2, 0) is 34.4 Å². The fourth-order valence-electron chi connectivity index (χ4n) is 3.78. The van der Waals surface area contributed by atoms with E-state index in [4.69, 9.17) is 0 Å². The number of anilines is 1. The number of carbonyl (C=O) groups is 1. The van der Waals surface area contributed by atoms with E-state index in [1.54, 1.807) is 6.92 Å². The van der Waals surface area contributed by atoms with Crippen LogP contribution in [0.4, 0.5) is 5.69 Å². The quantitative estimate of drug-likeness (QED) is 0.838. The molecule has 0 fully saturated rings. The van der Waals surface area contributed by atoms with Crippen LogP contribution in [0.1, 0.15) is 36.5 Å². The molecule has 2 aromatic carbocycles. The third kappa shape index (κ3) is 4.10. The van der Waals surface area contributed by atoms with Gasteiger partial charge in [-0.15, -0.1) is 4.40 Å². The topological polar surface area (TPSA) is 78.8 Å². The van der Waals surface area contributed by atoms with Crippen LogP contribution in [-0.4, -0.2) is 24.3 Å². The summed E-state index contributed by atoms with van der Waals surface area (Å²) in [5.74, 6) is -0.349. The molecule has 0 saturated carbocycles. The molecule has 150 valence electrons. The first-order chi connectivity index (χ1) is 13.9. The summed E-state index contributed by atoms with van der Waals surface area (Å²) in [4.78, 5) is 13.0. The van der Waals surface area contributed by atoms with Crippen molar-refractivity contribution in [3.8, 4) is 0 Å². The minimum Gasteiger partial charge on any atom is -0.322 e. The molecule has 2 aromatic rings. The normalized spacial score (nSPS) is 17.8. The Balaban J connectivity index is 1.61. The molecule has 0 aromatic heterocycles. The van der Waals surface area contributed by atoms with E-state index in [9.17, 15) is 13.2 Å². The summed E-state index contributed by atoms with van der Waals surface area (Å²) in [6.45, 7) is 1.67. The average molecular weight is 410 g/mol. The number of benzene rings is 2. The third-order valence-electron chi connectivity index (χ3n) is 5.28. The Bertz CT molecular complexity index is 1110. The van der Waals surface area contributed by atoms with E-state index < -0.39 is 10.2 Å². The summed E-state index contributed by atoms with van der Waals surface area (Å²) in [5.41, 5.74) is 4.50.